The first-order valence-electron chi connectivity index (χ1n) is 10.3. The normalized spacial score (nSPS) is 12.9. The molecule has 1 heterocycles. The number of hydrogen-bond acceptors (Lipinski definition) is 5. The monoisotopic (exact) mass is 493 g/mol. The summed E-state index contributed by atoms with van der Waals surface area (Å²) in [7, 11) is 0. The number of rotatable bonds is 7. The number of ketones is 1. The Kier molecular flexibility index (Phi) is 6.19. The van der Waals surface area contributed by atoms with Gasteiger partial charge in [0, 0.05) is 40.4 Å². The van der Waals surface area contributed by atoms with E-state index in [2.05, 4.69) is 15.9 Å². The van der Waals surface area contributed by atoms with Gasteiger partial charge in [0.05, 0.1) is 5.56 Å². The van der Waals surface area contributed by atoms with E-state index in [0.29, 0.717) is 26.5 Å². The number of carbonyl (C=O) groups is 4. The standard InChI is InChI=1S/C25H20BrNO5/c1-2-20(28)19-14-16(26)11-12-21(19)32-22(29)10-5-13-27-24(30)17-8-3-6-15-7-4-9-18(23(15)17)25(27)31/h3-4,6-9,11-12,14H,2,5,10,13H2,1H3. The number of nitrogens with zero attached hydrogens (tertiary/aromatic N) is 1. The van der Waals surface area contributed by atoms with Crippen molar-refractivity contribution in [3.05, 3.63) is 75.8 Å². The third-order valence-corrected chi connectivity index (χ3v) is 5.90. The topological polar surface area (TPSA) is 80.8 Å². The molecule has 3 aromatic carbocycles. The molecule has 1 aliphatic rings. The van der Waals surface area contributed by atoms with E-state index in [1.165, 1.54) is 4.90 Å². The molecule has 2 amide bonds. The van der Waals surface area contributed by atoms with Crippen LogP contribution < -0.4 is 4.74 Å². The van der Waals surface area contributed by atoms with E-state index >= 15 is 0 Å². The number of imide groups is 1. The van der Waals surface area contributed by atoms with E-state index in [9.17, 15) is 19.2 Å². The fourth-order valence-electron chi connectivity index (χ4n) is 3.84. The molecule has 3 aromatic rings. The highest BCUT2D eigenvalue weighted by Gasteiger charge is 2.32. The molecule has 0 atom stereocenters. The molecule has 6 nitrogen and oxygen atoms in total. The summed E-state index contributed by atoms with van der Waals surface area (Å²) in [5, 5.41) is 1.51. The van der Waals surface area contributed by atoms with Crippen molar-refractivity contribution in [3.8, 4) is 5.75 Å². The van der Waals surface area contributed by atoms with E-state index in [4.69, 9.17) is 4.74 Å². The molecule has 0 saturated carbocycles. The van der Waals surface area contributed by atoms with Gasteiger partial charge in [0.25, 0.3) is 11.8 Å². The second-order valence-corrected chi connectivity index (χ2v) is 8.38. The van der Waals surface area contributed by atoms with Crippen LogP contribution in [0.5, 0.6) is 5.75 Å². The molecular weight excluding hydrogens is 474 g/mol. The zero-order valence-electron chi connectivity index (χ0n) is 17.4. The van der Waals surface area contributed by atoms with Crippen molar-refractivity contribution in [1.29, 1.82) is 0 Å². The number of amides is 2. The van der Waals surface area contributed by atoms with E-state index < -0.39 is 5.97 Å². The summed E-state index contributed by atoms with van der Waals surface area (Å²) in [5.74, 6) is -1.19. The molecular formula is C25H20BrNO5. The quantitative estimate of drug-likeness (QED) is 0.196. The second kappa shape index (κ2) is 9.04. The highest BCUT2D eigenvalue weighted by Crippen LogP contribution is 2.30. The molecule has 0 saturated heterocycles. The number of carbonyl (C=O) groups excluding carboxylic acids is 4. The molecule has 0 bridgehead atoms. The van der Waals surface area contributed by atoms with Gasteiger partial charge in [-0.2, -0.15) is 0 Å². The Morgan fingerprint density at radius 3 is 2.25 bits per heavy atom. The van der Waals surface area contributed by atoms with Crippen molar-refractivity contribution in [3.63, 3.8) is 0 Å². The average Bonchev–Trinajstić information content (AvgIpc) is 2.80. The van der Waals surface area contributed by atoms with Crippen molar-refractivity contribution in [2.75, 3.05) is 6.54 Å². The first-order valence-corrected chi connectivity index (χ1v) is 11.1. The van der Waals surface area contributed by atoms with Gasteiger partial charge >= 0.3 is 5.97 Å². The number of benzene rings is 3. The molecule has 4 rings (SSSR count). The highest BCUT2D eigenvalue weighted by atomic mass is 79.9. The molecule has 0 radical (unpaired) electrons. The van der Waals surface area contributed by atoms with Gasteiger partial charge in [-0.1, -0.05) is 47.1 Å². The van der Waals surface area contributed by atoms with Gasteiger partial charge < -0.3 is 4.74 Å². The Morgan fingerprint density at radius 2 is 1.62 bits per heavy atom. The van der Waals surface area contributed by atoms with Crippen LogP contribution >= 0.6 is 15.9 Å². The van der Waals surface area contributed by atoms with Crippen LogP contribution in [0.4, 0.5) is 0 Å². The van der Waals surface area contributed by atoms with Gasteiger partial charge in [0.1, 0.15) is 5.75 Å². The zero-order chi connectivity index (χ0) is 22.8. The highest BCUT2D eigenvalue weighted by molar-refractivity contribution is 9.10. The van der Waals surface area contributed by atoms with Crippen LogP contribution in [0.15, 0.2) is 59.1 Å². The van der Waals surface area contributed by atoms with Crippen molar-refractivity contribution >= 4 is 50.3 Å². The summed E-state index contributed by atoms with van der Waals surface area (Å²) in [6.45, 7) is 1.83. The average molecular weight is 494 g/mol. The SMILES string of the molecule is CCC(=O)c1cc(Br)ccc1OC(=O)CCCN1C(=O)c2cccc3cccc(c23)C1=O. The molecule has 0 unspecified atom stereocenters. The maximum absolute atomic E-state index is 12.9. The summed E-state index contributed by atoms with van der Waals surface area (Å²) < 4.78 is 6.11. The maximum Gasteiger partial charge on any atom is 0.311 e. The van der Waals surface area contributed by atoms with Crippen molar-refractivity contribution in [2.45, 2.75) is 26.2 Å². The summed E-state index contributed by atoms with van der Waals surface area (Å²) >= 11 is 3.32. The predicted octanol–water partition coefficient (Wildman–Crippen LogP) is 5.18. The molecule has 7 heteroatoms. The summed E-state index contributed by atoms with van der Waals surface area (Å²) in [4.78, 5) is 51.5. The third kappa shape index (κ3) is 4.08. The molecule has 0 aliphatic carbocycles. The van der Waals surface area contributed by atoms with Crippen LogP contribution in [0.2, 0.25) is 0 Å². The summed E-state index contributed by atoms with van der Waals surface area (Å²) in [5.41, 5.74) is 1.30. The Hall–Kier alpha value is -3.32. The largest absolute Gasteiger partial charge is 0.426 e. The second-order valence-electron chi connectivity index (χ2n) is 7.47. The molecule has 0 N–H and O–H groups in total. The minimum atomic E-state index is -0.531. The minimum absolute atomic E-state index is 0.00126. The third-order valence-electron chi connectivity index (χ3n) is 5.41. The van der Waals surface area contributed by atoms with Gasteiger partial charge in [-0.05, 0) is 42.1 Å². The van der Waals surface area contributed by atoms with Gasteiger partial charge in [0.2, 0.25) is 0 Å². The van der Waals surface area contributed by atoms with E-state index in [1.54, 1.807) is 49.4 Å². The lowest BCUT2D eigenvalue weighted by atomic mass is 9.94. The Labute approximate surface area is 193 Å². The molecule has 162 valence electrons. The summed E-state index contributed by atoms with van der Waals surface area (Å²) in [6.07, 6.45) is 0.537. The Bertz CT molecular complexity index is 1220. The van der Waals surface area contributed by atoms with Gasteiger partial charge in [-0.3, -0.25) is 24.1 Å². The van der Waals surface area contributed by atoms with E-state index in [0.717, 1.165) is 5.39 Å². The van der Waals surface area contributed by atoms with E-state index in [-0.39, 0.29) is 49.2 Å². The number of Topliss-reactive ketones (excluding diaryl/α,β-unsaturated/α-hetero) is 1. The zero-order valence-corrected chi connectivity index (χ0v) is 19.0. The van der Waals surface area contributed by atoms with Crippen molar-refractivity contribution in [2.24, 2.45) is 0 Å². The van der Waals surface area contributed by atoms with E-state index in [1.807, 2.05) is 12.1 Å². The fourth-order valence-corrected chi connectivity index (χ4v) is 4.20. The lowest BCUT2D eigenvalue weighted by molar-refractivity contribution is -0.134. The first kappa shape index (κ1) is 21.9. The van der Waals surface area contributed by atoms with Crippen molar-refractivity contribution in [1.82, 2.24) is 4.90 Å². The lowest BCUT2D eigenvalue weighted by Gasteiger charge is -2.27. The lowest BCUT2D eigenvalue weighted by Crippen LogP contribution is -2.41. The maximum atomic E-state index is 12.9. The number of ether oxygens (including phenoxy) is 1. The van der Waals surface area contributed by atoms with Crippen LogP contribution in [0.25, 0.3) is 10.8 Å². The predicted molar refractivity (Wildman–Crippen MR) is 123 cm³/mol. The van der Waals surface area contributed by atoms with Crippen LogP contribution in [-0.2, 0) is 4.79 Å². The molecule has 1 aliphatic heterocycles. The van der Waals surface area contributed by atoms with Gasteiger partial charge in [-0.25, -0.2) is 0 Å². The fraction of sp³-hybridized carbons (Fsp3) is 0.200. The minimum Gasteiger partial charge on any atom is -0.426 e. The molecule has 0 spiro atoms. The molecule has 32 heavy (non-hydrogen) atoms. The number of esters is 1. The Morgan fingerprint density at radius 1 is 0.969 bits per heavy atom. The van der Waals surface area contributed by atoms with Crippen LogP contribution in [0, 0.1) is 0 Å². The Balaban J connectivity index is 1.43. The number of halogens is 1. The van der Waals surface area contributed by atoms with Crippen molar-refractivity contribution < 1.29 is 23.9 Å². The molecule has 0 aromatic heterocycles. The first-order chi connectivity index (χ1) is 15.4. The van der Waals surface area contributed by atoms with Crippen LogP contribution in [-0.4, -0.2) is 35.0 Å². The van der Waals surface area contributed by atoms with Crippen LogP contribution in [0.3, 0.4) is 0 Å². The number of hydrogen-bond donors (Lipinski definition) is 0. The van der Waals surface area contributed by atoms with Crippen LogP contribution in [0.1, 0.15) is 57.3 Å². The smallest absolute Gasteiger partial charge is 0.311 e. The molecule has 0 fully saturated rings. The van der Waals surface area contributed by atoms with Gasteiger partial charge in [-0.15, -0.1) is 0 Å². The summed E-state index contributed by atoms with van der Waals surface area (Å²) in [6, 6.07) is 15.6. The van der Waals surface area contributed by atoms with Gasteiger partial charge in [0.15, 0.2) is 5.78 Å².